The van der Waals surface area contributed by atoms with Crippen molar-refractivity contribution in [3.8, 4) is 5.75 Å². The molecule has 0 saturated carbocycles. The maximum absolute atomic E-state index is 12.9. The third kappa shape index (κ3) is 5.23. The van der Waals surface area contributed by atoms with E-state index in [4.69, 9.17) is 21.7 Å². The zero-order valence-electron chi connectivity index (χ0n) is 17.0. The fourth-order valence-corrected chi connectivity index (χ4v) is 4.12. The number of amides is 2. The van der Waals surface area contributed by atoms with E-state index in [9.17, 15) is 9.59 Å². The summed E-state index contributed by atoms with van der Waals surface area (Å²) in [6.07, 6.45) is 0.0694. The lowest BCUT2D eigenvalue weighted by molar-refractivity contribution is -0.907. The van der Waals surface area contributed by atoms with Crippen molar-refractivity contribution in [3.05, 3.63) is 24.3 Å². The van der Waals surface area contributed by atoms with Gasteiger partial charge in [-0.3, -0.25) is 14.5 Å². The zero-order chi connectivity index (χ0) is 20.8. The topological polar surface area (TPSA) is 75.6 Å². The average Bonchev–Trinajstić information content (AvgIpc) is 2.96. The molecule has 158 valence electrons. The third-order valence-corrected chi connectivity index (χ3v) is 5.83. The first kappa shape index (κ1) is 21.5. The van der Waals surface area contributed by atoms with Gasteiger partial charge in [0.25, 0.3) is 5.91 Å². The second-order valence-corrected chi connectivity index (χ2v) is 7.53. The van der Waals surface area contributed by atoms with Crippen LogP contribution in [0.3, 0.4) is 0 Å². The van der Waals surface area contributed by atoms with E-state index in [0.29, 0.717) is 23.9 Å². The number of carbonyl (C=O) groups is 2. The normalized spacial score (nSPS) is 20.3. The molecule has 2 heterocycles. The SMILES string of the molecule is CCN1C(=O)[C@@H](CC(=O)Nc2ccc(OC)cc2)N(CC[NH+]2CCOCC2)C1=S. The van der Waals surface area contributed by atoms with Crippen molar-refractivity contribution in [3.63, 3.8) is 0 Å². The van der Waals surface area contributed by atoms with Gasteiger partial charge in [-0.1, -0.05) is 0 Å². The summed E-state index contributed by atoms with van der Waals surface area (Å²) in [7, 11) is 1.59. The Morgan fingerprint density at radius 2 is 2.00 bits per heavy atom. The Bertz CT molecular complexity index is 737. The second kappa shape index (κ2) is 10.00. The van der Waals surface area contributed by atoms with Gasteiger partial charge in [-0.05, 0) is 43.4 Å². The van der Waals surface area contributed by atoms with Crippen molar-refractivity contribution in [2.24, 2.45) is 0 Å². The molecule has 0 radical (unpaired) electrons. The molecular formula is C20H29N4O4S+. The largest absolute Gasteiger partial charge is 0.497 e. The molecule has 3 rings (SSSR count). The molecule has 2 aliphatic heterocycles. The molecule has 1 atom stereocenters. The lowest BCUT2D eigenvalue weighted by atomic mass is 10.1. The minimum Gasteiger partial charge on any atom is -0.497 e. The molecule has 1 aromatic carbocycles. The molecule has 0 aliphatic carbocycles. The number of hydrogen-bond acceptors (Lipinski definition) is 5. The van der Waals surface area contributed by atoms with Gasteiger partial charge in [0, 0.05) is 12.2 Å². The number of benzene rings is 1. The summed E-state index contributed by atoms with van der Waals surface area (Å²) in [6.45, 7) is 7.34. The Balaban J connectivity index is 1.63. The lowest BCUT2D eigenvalue weighted by Gasteiger charge is -2.28. The number of nitrogens with one attached hydrogen (secondary N) is 2. The Kier molecular flexibility index (Phi) is 7.40. The fraction of sp³-hybridized carbons (Fsp3) is 0.550. The second-order valence-electron chi connectivity index (χ2n) is 7.17. The average molecular weight is 422 g/mol. The van der Waals surface area contributed by atoms with E-state index in [0.717, 1.165) is 38.6 Å². The van der Waals surface area contributed by atoms with E-state index in [-0.39, 0.29) is 18.2 Å². The molecule has 29 heavy (non-hydrogen) atoms. The highest BCUT2D eigenvalue weighted by Crippen LogP contribution is 2.21. The maximum Gasteiger partial charge on any atom is 0.252 e. The van der Waals surface area contributed by atoms with Crippen LogP contribution >= 0.6 is 12.2 Å². The number of morpholine rings is 1. The molecule has 2 fully saturated rings. The smallest absolute Gasteiger partial charge is 0.252 e. The minimum atomic E-state index is -0.555. The van der Waals surface area contributed by atoms with Crippen molar-refractivity contribution in [1.29, 1.82) is 0 Å². The number of rotatable bonds is 8. The highest BCUT2D eigenvalue weighted by molar-refractivity contribution is 7.80. The molecule has 9 heteroatoms. The van der Waals surface area contributed by atoms with Gasteiger partial charge < -0.3 is 24.6 Å². The van der Waals surface area contributed by atoms with E-state index in [1.54, 1.807) is 36.3 Å². The summed E-state index contributed by atoms with van der Waals surface area (Å²) in [5, 5.41) is 3.38. The van der Waals surface area contributed by atoms with Gasteiger partial charge >= 0.3 is 0 Å². The number of nitrogens with zero attached hydrogens (tertiary/aromatic N) is 2. The first-order valence-electron chi connectivity index (χ1n) is 10.0. The van der Waals surface area contributed by atoms with Crippen molar-refractivity contribution in [2.45, 2.75) is 19.4 Å². The van der Waals surface area contributed by atoms with Crippen molar-refractivity contribution >= 4 is 34.8 Å². The van der Waals surface area contributed by atoms with Gasteiger partial charge in [0.05, 0.1) is 39.8 Å². The number of likely N-dealkylation sites (N-methyl/N-ethyl adjacent to an activating group) is 1. The molecule has 0 unspecified atom stereocenters. The van der Waals surface area contributed by atoms with Crippen LogP contribution in [0, 0.1) is 0 Å². The van der Waals surface area contributed by atoms with Gasteiger partial charge in [0.15, 0.2) is 5.11 Å². The molecule has 0 spiro atoms. The van der Waals surface area contributed by atoms with Crippen LogP contribution in [0.25, 0.3) is 0 Å². The van der Waals surface area contributed by atoms with E-state index in [1.807, 2.05) is 11.8 Å². The number of thiocarbonyl (C=S) groups is 1. The number of ether oxygens (including phenoxy) is 2. The molecule has 0 aromatic heterocycles. The van der Waals surface area contributed by atoms with Crippen LogP contribution in [0.1, 0.15) is 13.3 Å². The molecule has 1 aromatic rings. The monoisotopic (exact) mass is 421 g/mol. The Labute approximate surface area is 176 Å². The van der Waals surface area contributed by atoms with Gasteiger partial charge in [0.2, 0.25) is 5.91 Å². The molecule has 2 amide bonds. The Morgan fingerprint density at radius 1 is 1.31 bits per heavy atom. The Hall–Kier alpha value is -2.23. The van der Waals surface area contributed by atoms with E-state index in [2.05, 4.69) is 5.32 Å². The number of carbonyl (C=O) groups excluding carboxylic acids is 2. The summed E-state index contributed by atoms with van der Waals surface area (Å²) < 4.78 is 10.5. The number of anilines is 1. The minimum absolute atomic E-state index is 0.0694. The highest BCUT2D eigenvalue weighted by Gasteiger charge is 2.42. The van der Waals surface area contributed by atoms with Crippen LogP contribution < -0.4 is 15.0 Å². The quantitative estimate of drug-likeness (QED) is 0.565. The van der Waals surface area contributed by atoms with Crippen LogP contribution in [-0.4, -0.2) is 85.8 Å². The van der Waals surface area contributed by atoms with Gasteiger partial charge in [-0.25, -0.2) is 0 Å². The van der Waals surface area contributed by atoms with E-state index >= 15 is 0 Å². The van der Waals surface area contributed by atoms with Crippen molar-refractivity contribution in [2.75, 3.05) is 58.4 Å². The third-order valence-electron chi connectivity index (χ3n) is 5.38. The van der Waals surface area contributed by atoms with Gasteiger partial charge in [-0.15, -0.1) is 0 Å². The van der Waals surface area contributed by atoms with E-state index < -0.39 is 6.04 Å². The van der Waals surface area contributed by atoms with Gasteiger partial charge in [-0.2, -0.15) is 0 Å². The summed E-state index contributed by atoms with van der Waals surface area (Å²) in [5.74, 6) is 0.409. The first-order valence-corrected chi connectivity index (χ1v) is 10.4. The number of hydrogen-bond donors (Lipinski definition) is 2. The summed E-state index contributed by atoms with van der Waals surface area (Å²) in [4.78, 5) is 30.4. The molecule has 2 saturated heterocycles. The maximum atomic E-state index is 12.9. The standard InChI is InChI=1S/C20H28N4O4S/c1-3-23-19(26)17(14-18(25)21-15-4-6-16(27-2)7-5-15)24(20(23)29)9-8-22-10-12-28-13-11-22/h4-7,17H,3,8-14H2,1-2H3,(H,21,25)/p+1/t17-/m1/s1. The zero-order valence-corrected chi connectivity index (χ0v) is 17.8. The summed E-state index contributed by atoms with van der Waals surface area (Å²) in [6, 6.07) is 6.55. The predicted octanol–water partition coefficient (Wildman–Crippen LogP) is -0.243. The predicted molar refractivity (Wildman–Crippen MR) is 113 cm³/mol. The molecule has 2 aliphatic rings. The van der Waals surface area contributed by atoms with Crippen LogP contribution in [-0.2, 0) is 14.3 Å². The molecular weight excluding hydrogens is 392 g/mol. The first-order chi connectivity index (χ1) is 14.0. The Morgan fingerprint density at radius 3 is 2.62 bits per heavy atom. The highest BCUT2D eigenvalue weighted by atomic mass is 32.1. The number of quaternary nitrogens is 1. The molecule has 8 nitrogen and oxygen atoms in total. The van der Waals surface area contributed by atoms with Crippen LogP contribution in [0.5, 0.6) is 5.75 Å². The summed E-state index contributed by atoms with van der Waals surface area (Å²) in [5.41, 5.74) is 0.667. The van der Waals surface area contributed by atoms with Crippen molar-refractivity contribution < 1.29 is 24.0 Å². The van der Waals surface area contributed by atoms with Crippen molar-refractivity contribution in [1.82, 2.24) is 9.80 Å². The van der Waals surface area contributed by atoms with Gasteiger partial charge in [0.1, 0.15) is 24.9 Å². The molecule has 2 N–H and O–H groups in total. The molecule has 0 bridgehead atoms. The van der Waals surface area contributed by atoms with Crippen LogP contribution in [0.2, 0.25) is 0 Å². The summed E-state index contributed by atoms with van der Waals surface area (Å²) >= 11 is 5.54. The lowest BCUT2D eigenvalue weighted by Crippen LogP contribution is -3.14. The van der Waals surface area contributed by atoms with Crippen LogP contribution in [0.15, 0.2) is 24.3 Å². The fourth-order valence-electron chi connectivity index (χ4n) is 3.69. The van der Waals surface area contributed by atoms with E-state index in [1.165, 1.54) is 4.90 Å². The van der Waals surface area contributed by atoms with Crippen LogP contribution in [0.4, 0.5) is 5.69 Å². The number of methoxy groups -OCH3 is 1.